The van der Waals surface area contributed by atoms with Crippen LogP contribution in [0.1, 0.15) is 5.56 Å². The molecule has 1 aromatic heterocycles. The number of hydrogen-bond donors (Lipinski definition) is 5. The van der Waals surface area contributed by atoms with Crippen molar-refractivity contribution in [3.63, 3.8) is 0 Å². The Hall–Kier alpha value is -0.790. The zero-order chi connectivity index (χ0) is 14.2. The SMILES string of the molecule is O=P(O)(O)C(O)(Cc1ccc[n+]([O-])c1)P(=O)(O)O. The smallest absolute Gasteiger partial charge is 0.369 e. The van der Waals surface area contributed by atoms with Crippen molar-refractivity contribution in [3.05, 3.63) is 35.3 Å². The van der Waals surface area contributed by atoms with Crippen molar-refractivity contribution >= 4 is 15.2 Å². The lowest BCUT2D eigenvalue weighted by atomic mass is 10.2. The van der Waals surface area contributed by atoms with E-state index < -0.39 is 26.7 Å². The molecule has 0 aliphatic carbocycles. The normalized spacial score (nSPS) is 13.6. The van der Waals surface area contributed by atoms with E-state index in [-0.39, 0.29) is 10.3 Å². The lowest BCUT2D eigenvalue weighted by Crippen LogP contribution is -2.33. The summed E-state index contributed by atoms with van der Waals surface area (Å²) in [6.45, 7) is 0. The Kier molecular flexibility index (Phi) is 4.00. The van der Waals surface area contributed by atoms with Gasteiger partial charge < -0.3 is 29.9 Å². The van der Waals surface area contributed by atoms with Crippen LogP contribution in [0.2, 0.25) is 0 Å². The molecule has 1 heterocycles. The van der Waals surface area contributed by atoms with Gasteiger partial charge >= 0.3 is 15.2 Å². The fraction of sp³-hybridized carbons (Fsp3) is 0.286. The van der Waals surface area contributed by atoms with Gasteiger partial charge in [-0.3, -0.25) is 9.13 Å². The Morgan fingerprint density at radius 2 is 1.72 bits per heavy atom. The summed E-state index contributed by atoms with van der Waals surface area (Å²) in [5.41, 5.74) is -0.123. The zero-order valence-electron chi connectivity index (χ0n) is 8.82. The summed E-state index contributed by atoms with van der Waals surface area (Å²) >= 11 is 0. The quantitative estimate of drug-likeness (QED) is 0.265. The Morgan fingerprint density at radius 3 is 2.11 bits per heavy atom. The van der Waals surface area contributed by atoms with Gasteiger partial charge in [-0.25, -0.2) is 0 Å². The third-order valence-corrected chi connectivity index (χ3v) is 5.96. The number of aliphatic hydroxyl groups is 1. The number of aromatic nitrogens is 1. The van der Waals surface area contributed by atoms with Gasteiger partial charge in [-0.05, 0) is 6.07 Å². The van der Waals surface area contributed by atoms with Crippen molar-refractivity contribution in [1.82, 2.24) is 0 Å². The molecule has 0 radical (unpaired) electrons. The second kappa shape index (κ2) is 4.71. The first kappa shape index (κ1) is 15.3. The van der Waals surface area contributed by atoms with Crippen LogP contribution in [-0.2, 0) is 15.6 Å². The number of rotatable bonds is 4. The summed E-state index contributed by atoms with van der Waals surface area (Å²) in [4.78, 5) is 35.5. The molecule has 0 unspecified atom stereocenters. The van der Waals surface area contributed by atoms with Crippen molar-refractivity contribution in [2.75, 3.05) is 0 Å². The molecule has 0 amide bonds. The lowest BCUT2D eigenvalue weighted by Gasteiger charge is -2.28. The molecule has 1 rings (SSSR count). The van der Waals surface area contributed by atoms with Gasteiger partial charge in [0.25, 0.3) is 5.08 Å². The average Bonchev–Trinajstić information content (AvgIpc) is 2.13. The van der Waals surface area contributed by atoms with Gasteiger partial charge in [0.05, 0.1) is 0 Å². The minimum atomic E-state index is -5.51. The summed E-state index contributed by atoms with van der Waals surface area (Å²) in [5, 5.41) is 17.0. The van der Waals surface area contributed by atoms with Crippen molar-refractivity contribution in [1.29, 1.82) is 0 Å². The van der Waals surface area contributed by atoms with Crippen LogP contribution in [0.5, 0.6) is 0 Å². The van der Waals surface area contributed by atoms with Crippen LogP contribution in [0, 0.1) is 5.21 Å². The Morgan fingerprint density at radius 1 is 1.22 bits per heavy atom. The van der Waals surface area contributed by atoms with E-state index in [1.54, 1.807) is 0 Å². The van der Waals surface area contributed by atoms with E-state index in [1.807, 2.05) is 0 Å². The molecule has 0 aromatic carbocycles. The van der Waals surface area contributed by atoms with E-state index in [9.17, 15) is 19.4 Å². The second-order valence-electron chi connectivity index (χ2n) is 3.61. The molecular formula is C7H11NO8P2. The molecule has 18 heavy (non-hydrogen) atoms. The number of pyridine rings is 1. The standard InChI is InChI=1S/C7H11NO8P2/c9-7(17(11,12)13,18(14,15)16)4-6-2-1-3-8(10)5-6/h1-3,5,9H,4H2,(H2,11,12,13)(H2,14,15,16). The average molecular weight is 299 g/mol. The minimum Gasteiger partial charge on any atom is -0.619 e. The van der Waals surface area contributed by atoms with Crippen molar-refractivity contribution in [2.24, 2.45) is 0 Å². The van der Waals surface area contributed by atoms with Gasteiger partial charge in [0.15, 0.2) is 12.4 Å². The molecule has 0 bridgehead atoms. The molecule has 102 valence electrons. The zero-order valence-corrected chi connectivity index (χ0v) is 10.6. The van der Waals surface area contributed by atoms with Gasteiger partial charge in [-0.15, -0.1) is 0 Å². The first-order chi connectivity index (χ1) is 7.97. The highest BCUT2D eigenvalue weighted by atomic mass is 31.2. The van der Waals surface area contributed by atoms with E-state index in [0.717, 1.165) is 12.4 Å². The number of hydrogen-bond acceptors (Lipinski definition) is 4. The summed E-state index contributed by atoms with van der Waals surface area (Å²) in [6.07, 6.45) is 0.860. The molecule has 9 nitrogen and oxygen atoms in total. The first-order valence-corrected chi connectivity index (χ1v) is 7.71. The van der Waals surface area contributed by atoms with Crippen LogP contribution in [0.25, 0.3) is 0 Å². The van der Waals surface area contributed by atoms with Gasteiger partial charge in [0.2, 0.25) is 0 Å². The molecule has 0 saturated heterocycles. The van der Waals surface area contributed by atoms with E-state index in [1.165, 1.54) is 12.1 Å². The van der Waals surface area contributed by atoms with Gasteiger partial charge in [0.1, 0.15) is 0 Å². The molecule has 0 fully saturated rings. The minimum absolute atomic E-state index is 0.123. The molecule has 11 heteroatoms. The highest BCUT2D eigenvalue weighted by Crippen LogP contribution is 2.68. The highest BCUT2D eigenvalue weighted by Gasteiger charge is 2.59. The molecular weight excluding hydrogens is 288 g/mol. The molecule has 0 spiro atoms. The van der Waals surface area contributed by atoms with Crippen LogP contribution in [-0.4, -0.2) is 29.8 Å². The fourth-order valence-corrected chi connectivity index (χ4v) is 3.39. The molecule has 0 aliphatic heterocycles. The maximum atomic E-state index is 11.1. The first-order valence-electron chi connectivity index (χ1n) is 4.49. The highest BCUT2D eigenvalue weighted by molar-refractivity contribution is 7.72. The topological polar surface area (TPSA) is 162 Å². The van der Waals surface area contributed by atoms with Gasteiger partial charge in [0, 0.05) is 18.1 Å². The van der Waals surface area contributed by atoms with Crippen LogP contribution >= 0.6 is 15.2 Å². The number of nitrogens with zero attached hydrogens (tertiary/aromatic N) is 1. The van der Waals surface area contributed by atoms with Crippen molar-refractivity contribution < 1.29 is 38.5 Å². The molecule has 5 N–H and O–H groups in total. The lowest BCUT2D eigenvalue weighted by molar-refractivity contribution is -0.605. The summed E-state index contributed by atoms with van der Waals surface area (Å²) in [5.74, 6) is 0. The molecule has 1 aromatic rings. The predicted molar refractivity (Wildman–Crippen MR) is 58.1 cm³/mol. The third-order valence-electron chi connectivity index (χ3n) is 2.21. The Balaban J connectivity index is 3.25. The van der Waals surface area contributed by atoms with E-state index >= 15 is 0 Å². The molecule has 0 aliphatic rings. The van der Waals surface area contributed by atoms with Crippen LogP contribution in [0.3, 0.4) is 0 Å². The van der Waals surface area contributed by atoms with Crippen LogP contribution in [0.4, 0.5) is 0 Å². The van der Waals surface area contributed by atoms with Gasteiger partial charge in [-0.1, -0.05) is 0 Å². The van der Waals surface area contributed by atoms with Crippen LogP contribution in [0.15, 0.2) is 24.5 Å². The van der Waals surface area contributed by atoms with E-state index in [0.29, 0.717) is 0 Å². The Bertz CT molecular complexity index is 512. The molecule has 0 atom stereocenters. The third kappa shape index (κ3) is 2.96. The largest absolute Gasteiger partial charge is 0.619 e. The van der Waals surface area contributed by atoms with Gasteiger partial charge in [-0.2, -0.15) is 4.73 Å². The van der Waals surface area contributed by atoms with Crippen LogP contribution < -0.4 is 4.73 Å². The monoisotopic (exact) mass is 299 g/mol. The predicted octanol–water partition coefficient (Wildman–Crippen LogP) is -1.14. The summed E-state index contributed by atoms with van der Waals surface area (Å²) in [7, 11) is -11.0. The maximum absolute atomic E-state index is 11.1. The Labute approximate surface area is 101 Å². The summed E-state index contributed by atoms with van der Waals surface area (Å²) in [6, 6.07) is 2.41. The maximum Gasteiger partial charge on any atom is 0.369 e. The van der Waals surface area contributed by atoms with Crippen molar-refractivity contribution in [3.8, 4) is 0 Å². The fourth-order valence-electron chi connectivity index (χ4n) is 1.26. The molecule has 0 saturated carbocycles. The van der Waals surface area contributed by atoms with Crippen molar-refractivity contribution in [2.45, 2.75) is 11.5 Å². The van der Waals surface area contributed by atoms with E-state index in [2.05, 4.69) is 0 Å². The summed E-state index contributed by atoms with van der Waals surface area (Å²) < 4.78 is 22.4. The van der Waals surface area contributed by atoms with E-state index in [4.69, 9.17) is 19.6 Å². The second-order valence-corrected chi connectivity index (χ2v) is 7.62.